The Labute approximate surface area is 109 Å². The second-order valence-corrected chi connectivity index (χ2v) is 5.45. The molecular weight excluding hydrogens is 225 g/mol. The number of rotatable bonds is 4. The average Bonchev–Trinajstić information content (AvgIpc) is 2.71. The van der Waals surface area contributed by atoms with Gasteiger partial charge in [0.1, 0.15) is 5.82 Å². The summed E-state index contributed by atoms with van der Waals surface area (Å²) >= 11 is 0. The van der Waals surface area contributed by atoms with E-state index >= 15 is 0 Å². The van der Waals surface area contributed by atoms with E-state index in [1.165, 1.54) is 11.9 Å². The van der Waals surface area contributed by atoms with Crippen molar-refractivity contribution in [2.24, 2.45) is 0 Å². The van der Waals surface area contributed by atoms with Crippen LogP contribution in [0, 0.1) is 5.82 Å². The first kappa shape index (κ1) is 13.1. The Bertz CT molecular complexity index is 539. The lowest BCUT2D eigenvalue weighted by Crippen LogP contribution is -2.05. The Morgan fingerprint density at radius 2 is 1.94 bits per heavy atom. The molecular formula is C16H22FN. The predicted molar refractivity (Wildman–Crippen MR) is 75.6 cm³/mol. The van der Waals surface area contributed by atoms with E-state index in [9.17, 15) is 4.39 Å². The fraction of sp³-hybridized carbons (Fsp3) is 0.500. The molecule has 0 saturated carbocycles. The third-order valence-electron chi connectivity index (χ3n) is 3.61. The van der Waals surface area contributed by atoms with Crippen LogP contribution in [0.15, 0.2) is 24.4 Å². The maximum atomic E-state index is 13.6. The second-order valence-electron chi connectivity index (χ2n) is 5.45. The number of hydrogen-bond acceptors (Lipinski definition) is 0. The van der Waals surface area contributed by atoms with Gasteiger partial charge in [-0.1, -0.05) is 27.2 Å². The minimum atomic E-state index is -0.132. The monoisotopic (exact) mass is 247 g/mol. The summed E-state index contributed by atoms with van der Waals surface area (Å²) in [7, 11) is 0. The molecule has 0 aliphatic heterocycles. The molecule has 1 atom stereocenters. The largest absolute Gasteiger partial charge is 0.344 e. The highest BCUT2D eigenvalue weighted by molar-refractivity contribution is 5.84. The van der Waals surface area contributed by atoms with Gasteiger partial charge in [-0.2, -0.15) is 0 Å². The van der Waals surface area contributed by atoms with Crippen LogP contribution in [0.4, 0.5) is 4.39 Å². The molecule has 1 heterocycles. The fourth-order valence-corrected chi connectivity index (χ4v) is 2.67. The number of halogens is 1. The summed E-state index contributed by atoms with van der Waals surface area (Å²) in [6, 6.07) is 5.81. The number of benzene rings is 1. The van der Waals surface area contributed by atoms with Crippen LogP contribution in [0.3, 0.4) is 0 Å². The number of fused-ring (bicyclic) bond motifs is 1. The lowest BCUT2D eigenvalue weighted by atomic mass is 10.00. The van der Waals surface area contributed by atoms with Crippen LogP contribution >= 0.6 is 0 Å². The highest BCUT2D eigenvalue weighted by Crippen LogP contribution is 2.30. The van der Waals surface area contributed by atoms with Gasteiger partial charge in [0.25, 0.3) is 0 Å². The first-order chi connectivity index (χ1) is 8.54. The summed E-state index contributed by atoms with van der Waals surface area (Å²) in [4.78, 5) is 0. The quantitative estimate of drug-likeness (QED) is 0.694. The van der Waals surface area contributed by atoms with Gasteiger partial charge in [-0.25, -0.2) is 4.39 Å². The van der Waals surface area contributed by atoms with E-state index in [4.69, 9.17) is 0 Å². The van der Waals surface area contributed by atoms with Gasteiger partial charge in [-0.15, -0.1) is 0 Å². The van der Waals surface area contributed by atoms with Crippen molar-refractivity contribution in [3.63, 3.8) is 0 Å². The lowest BCUT2D eigenvalue weighted by molar-refractivity contribution is 0.513. The molecule has 2 heteroatoms. The van der Waals surface area contributed by atoms with Crippen molar-refractivity contribution < 1.29 is 4.39 Å². The number of nitrogens with zero attached hydrogens (tertiary/aromatic N) is 1. The third-order valence-corrected chi connectivity index (χ3v) is 3.61. The molecule has 0 spiro atoms. The van der Waals surface area contributed by atoms with E-state index in [2.05, 4.69) is 38.5 Å². The van der Waals surface area contributed by atoms with Gasteiger partial charge in [0.2, 0.25) is 0 Å². The van der Waals surface area contributed by atoms with Gasteiger partial charge in [0.15, 0.2) is 0 Å². The fourth-order valence-electron chi connectivity index (χ4n) is 2.67. The molecule has 2 rings (SSSR count). The smallest absolute Gasteiger partial charge is 0.124 e. The predicted octanol–water partition coefficient (Wildman–Crippen LogP) is 5.26. The van der Waals surface area contributed by atoms with Crippen molar-refractivity contribution in [1.82, 2.24) is 4.57 Å². The van der Waals surface area contributed by atoms with E-state index in [0.717, 1.165) is 17.4 Å². The lowest BCUT2D eigenvalue weighted by Gasteiger charge is -2.18. The van der Waals surface area contributed by atoms with Crippen LogP contribution in [0.1, 0.15) is 58.1 Å². The second kappa shape index (κ2) is 5.13. The van der Waals surface area contributed by atoms with Crippen LogP contribution in [-0.2, 0) is 0 Å². The zero-order chi connectivity index (χ0) is 13.3. The number of hydrogen-bond donors (Lipinski definition) is 0. The van der Waals surface area contributed by atoms with Gasteiger partial charge in [0, 0.05) is 17.6 Å². The SMILES string of the molecule is CCCC(C)n1ccc2cc(F)cc(C(C)C)c21. The first-order valence-corrected chi connectivity index (χ1v) is 6.84. The Morgan fingerprint density at radius 1 is 1.22 bits per heavy atom. The molecule has 1 unspecified atom stereocenters. The Morgan fingerprint density at radius 3 is 2.56 bits per heavy atom. The summed E-state index contributed by atoms with van der Waals surface area (Å²) in [5.74, 6) is 0.206. The zero-order valence-corrected chi connectivity index (χ0v) is 11.7. The van der Waals surface area contributed by atoms with Crippen molar-refractivity contribution in [3.05, 3.63) is 35.8 Å². The normalized spacial score (nSPS) is 13.4. The van der Waals surface area contributed by atoms with Crippen molar-refractivity contribution >= 4 is 10.9 Å². The highest BCUT2D eigenvalue weighted by Gasteiger charge is 2.14. The van der Waals surface area contributed by atoms with Gasteiger partial charge in [-0.05, 0) is 43.0 Å². The average molecular weight is 247 g/mol. The molecule has 0 aliphatic rings. The molecule has 1 aromatic heterocycles. The van der Waals surface area contributed by atoms with Crippen LogP contribution in [-0.4, -0.2) is 4.57 Å². The summed E-state index contributed by atoms with van der Waals surface area (Å²) in [5, 5.41) is 1.02. The van der Waals surface area contributed by atoms with Crippen LogP contribution in [0.5, 0.6) is 0 Å². The summed E-state index contributed by atoms with van der Waals surface area (Å²) in [6.45, 7) is 8.67. The third kappa shape index (κ3) is 2.29. The van der Waals surface area contributed by atoms with E-state index in [1.54, 1.807) is 12.1 Å². The standard InChI is InChI=1S/C16H22FN/c1-5-6-12(4)18-8-7-13-9-14(17)10-15(11(2)3)16(13)18/h7-12H,5-6H2,1-4H3. The van der Waals surface area contributed by atoms with Crippen molar-refractivity contribution in [3.8, 4) is 0 Å². The molecule has 0 amide bonds. The molecule has 0 aliphatic carbocycles. The Kier molecular flexibility index (Phi) is 3.74. The van der Waals surface area contributed by atoms with E-state index in [1.807, 2.05) is 6.07 Å². The van der Waals surface area contributed by atoms with Crippen LogP contribution in [0.25, 0.3) is 10.9 Å². The first-order valence-electron chi connectivity index (χ1n) is 6.84. The Hall–Kier alpha value is -1.31. The highest BCUT2D eigenvalue weighted by atomic mass is 19.1. The van der Waals surface area contributed by atoms with Gasteiger partial charge in [-0.3, -0.25) is 0 Å². The molecule has 0 fully saturated rings. The molecule has 18 heavy (non-hydrogen) atoms. The van der Waals surface area contributed by atoms with Gasteiger partial charge in [0.05, 0.1) is 5.52 Å². The van der Waals surface area contributed by atoms with E-state index in [0.29, 0.717) is 12.0 Å². The zero-order valence-electron chi connectivity index (χ0n) is 11.7. The molecule has 1 aromatic carbocycles. The molecule has 0 N–H and O–H groups in total. The minimum Gasteiger partial charge on any atom is -0.344 e. The summed E-state index contributed by atoms with van der Waals surface area (Å²) < 4.78 is 15.9. The molecule has 0 saturated heterocycles. The summed E-state index contributed by atoms with van der Waals surface area (Å²) in [6.07, 6.45) is 4.41. The minimum absolute atomic E-state index is 0.132. The number of aromatic nitrogens is 1. The van der Waals surface area contributed by atoms with Crippen LogP contribution < -0.4 is 0 Å². The molecule has 98 valence electrons. The molecule has 0 radical (unpaired) electrons. The maximum Gasteiger partial charge on any atom is 0.124 e. The van der Waals surface area contributed by atoms with E-state index < -0.39 is 0 Å². The van der Waals surface area contributed by atoms with Crippen molar-refractivity contribution in [2.75, 3.05) is 0 Å². The maximum absolute atomic E-state index is 13.6. The summed E-state index contributed by atoms with van der Waals surface area (Å²) in [5.41, 5.74) is 2.31. The van der Waals surface area contributed by atoms with Crippen molar-refractivity contribution in [2.45, 2.75) is 52.5 Å². The van der Waals surface area contributed by atoms with Crippen molar-refractivity contribution in [1.29, 1.82) is 0 Å². The van der Waals surface area contributed by atoms with Gasteiger partial charge >= 0.3 is 0 Å². The van der Waals surface area contributed by atoms with Gasteiger partial charge < -0.3 is 4.57 Å². The molecule has 0 bridgehead atoms. The Balaban J connectivity index is 2.62. The molecule has 1 nitrogen and oxygen atoms in total. The topological polar surface area (TPSA) is 4.93 Å². The van der Waals surface area contributed by atoms with E-state index in [-0.39, 0.29) is 5.82 Å². The molecule has 2 aromatic rings. The van der Waals surface area contributed by atoms with Crippen LogP contribution in [0.2, 0.25) is 0 Å².